The summed E-state index contributed by atoms with van der Waals surface area (Å²) < 4.78 is 14.1. The number of rotatable bonds is 2. The van der Waals surface area contributed by atoms with Crippen molar-refractivity contribution >= 4 is 15.9 Å². The van der Waals surface area contributed by atoms with Gasteiger partial charge in [0, 0.05) is 10.5 Å². The molecule has 0 radical (unpaired) electrons. The first-order chi connectivity index (χ1) is 7.68. The van der Waals surface area contributed by atoms with Gasteiger partial charge in [0.05, 0.1) is 0 Å². The van der Waals surface area contributed by atoms with Crippen LogP contribution in [0.2, 0.25) is 0 Å². The van der Waals surface area contributed by atoms with Crippen LogP contribution in [0.3, 0.4) is 0 Å². The number of hydrogen-bond donors (Lipinski definition) is 1. The van der Waals surface area contributed by atoms with Crippen LogP contribution in [0.15, 0.2) is 22.7 Å². The van der Waals surface area contributed by atoms with Crippen molar-refractivity contribution in [2.24, 2.45) is 0 Å². The van der Waals surface area contributed by atoms with E-state index in [1.807, 2.05) is 12.1 Å². The molecule has 1 N–H and O–H groups in total. The van der Waals surface area contributed by atoms with E-state index in [-0.39, 0.29) is 0 Å². The lowest BCUT2D eigenvalue weighted by Crippen LogP contribution is -2.26. The summed E-state index contributed by atoms with van der Waals surface area (Å²) in [6.07, 6.45) is 2.80. The summed E-state index contributed by atoms with van der Waals surface area (Å²) in [5.41, 5.74) is 2.00. The highest BCUT2D eigenvalue weighted by Crippen LogP contribution is 2.30. The fourth-order valence-corrected chi connectivity index (χ4v) is 2.93. The molecule has 1 heterocycles. The SMILES string of the molecule is CC(F)c1ccc(C2CCCCN2)cc1Br. The Morgan fingerprint density at radius 2 is 2.25 bits per heavy atom. The highest BCUT2D eigenvalue weighted by atomic mass is 79.9. The molecule has 1 aliphatic rings. The zero-order chi connectivity index (χ0) is 11.5. The summed E-state index contributed by atoms with van der Waals surface area (Å²) in [5.74, 6) is 0. The molecule has 0 saturated carbocycles. The van der Waals surface area contributed by atoms with E-state index in [1.54, 1.807) is 6.92 Å². The van der Waals surface area contributed by atoms with Gasteiger partial charge in [0.1, 0.15) is 6.17 Å². The Balaban J connectivity index is 2.19. The van der Waals surface area contributed by atoms with Gasteiger partial charge < -0.3 is 5.32 Å². The summed E-state index contributed by atoms with van der Waals surface area (Å²) in [4.78, 5) is 0. The molecular weight excluding hydrogens is 269 g/mol. The normalized spacial score (nSPS) is 23.1. The number of hydrogen-bond acceptors (Lipinski definition) is 1. The van der Waals surface area contributed by atoms with Crippen molar-refractivity contribution < 1.29 is 4.39 Å². The van der Waals surface area contributed by atoms with E-state index in [9.17, 15) is 4.39 Å². The van der Waals surface area contributed by atoms with Crippen molar-refractivity contribution in [2.45, 2.75) is 38.4 Å². The minimum atomic E-state index is -0.914. The largest absolute Gasteiger partial charge is 0.310 e. The van der Waals surface area contributed by atoms with Crippen molar-refractivity contribution in [3.05, 3.63) is 33.8 Å². The molecule has 1 nitrogen and oxygen atoms in total. The minimum absolute atomic E-state index is 0.439. The van der Waals surface area contributed by atoms with Gasteiger partial charge in [-0.2, -0.15) is 0 Å². The molecule has 2 unspecified atom stereocenters. The molecule has 1 saturated heterocycles. The molecule has 0 bridgehead atoms. The molecule has 1 fully saturated rings. The van der Waals surface area contributed by atoms with Gasteiger partial charge in [-0.05, 0) is 43.5 Å². The third-order valence-corrected chi connectivity index (χ3v) is 3.85. The molecule has 2 rings (SSSR count). The van der Waals surface area contributed by atoms with Gasteiger partial charge in [-0.15, -0.1) is 0 Å². The molecule has 1 aliphatic heterocycles. The van der Waals surface area contributed by atoms with E-state index in [0.29, 0.717) is 6.04 Å². The monoisotopic (exact) mass is 285 g/mol. The van der Waals surface area contributed by atoms with E-state index in [2.05, 4.69) is 27.3 Å². The Morgan fingerprint density at radius 3 is 2.81 bits per heavy atom. The average Bonchev–Trinajstić information content (AvgIpc) is 2.29. The van der Waals surface area contributed by atoms with E-state index >= 15 is 0 Å². The van der Waals surface area contributed by atoms with Crippen LogP contribution in [0.5, 0.6) is 0 Å². The van der Waals surface area contributed by atoms with Gasteiger partial charge in [-0.1, -0.05) is 34.5 Å². The summed E-state index contributed by atoms with van der Waals surface area (Å²) in [7, 11) is 0. The molecule has 88 valence electrons. The first kappa shape index (κ1) is 12.1. The first-order valence-corrected chi connectivity index (χ1v) is 6.64. The molecule has 3 heteroatoms. The fraction of sp³-hybridized carbons (Fsp3) is 0.538. The molecule has 0 spiro atoms. The number of alkyl halides is 1. The summed E-state index contributed by atoms with van der Waals surface area (Å²) in [6.45, 7) is 2.65. The molecule has 0 aliphatic carbocycles. The highest BCUT2D eigenvalue weighted by molar-refractivity contribution is 9.10. The lowest BCUT2D eigenvalue weighted by atomic mass is 9.96. The number of benzene rings is 1. The van der Waals surface area contributed by atoms with Crippen LogP contribution in [0, 0.1) is 0 Å². The van der Waals surface area contributed by atoms with Crippen LogP contribution in [-0.2, 0) is 0 Å². The maximum atomic E-state index is 13.2. The molecule has 1 aromatic carbocycles. The van der Waals surface area contributed by atoms with Gasteiger partial charge in [0.15, 0.2) is 0 Å². The second-order valence-electron chi connectivity index (χ2n) is 4.40. The molecule has 0 amide bonds. The van der Waals surface area contributed by atoms with Crippen LogP contribution in [0.4, 0.5) is 4.39 Å². The summed E-state index contributed by atoms with van der Waals surface area (Å²) >= 11 is 3.45. The predicted octanol–water partition coefficient (Wildman–Crippen LogP) is 4.29. The van der Waals surface area contributed by atoms with Crippen molar-refractivity contribution in [3.8, 4) is 0 Å². The summed E-state index contributed by atoms with van der Waals surface area (Å²) in [5, 5.41) is 3.50. The molecular formula is C13H17BrFN. The van der Waals surface area contributed by atoms with Crippen LogP contribution in [0.1, 0.15) is 49.5 Å². The third-order valence-electron chi connectivity index (χ3n) is 3.17. The van der Waals surface area contributed by atoms with E-state index in [0.717, 1.165) is 16.6 Å². The number of piperidine rings is 1. The Bertz CT molecular complexity index is 359. The molecule has 1 aromatic rings. The molecule has 0 aromatic heterocycles. The molecule has 2 atom stereocenters. The van der Waals surface area contributed by atoms with Gasteiger partial charge in [-0.25, -0.2) is 4.39 Å². The predicted molar refractivity (Wildman–Crippen MR) is 68.3 cm³/mol. The lowest BCUT2D eigenvalue weighted by molar-refractivity contribution is 0.372. The van der Waals surface area contributed by atoms with Crippen molar-refractivity contribution in [3.63, 3.8) is 0 Å². The number of nitrogens with one attached hydrogen (secondary N) is 1. The Labute approximate surface area is 105 Å². The lowest BCUT2D eigenvalue weighted by Gasteiger charge is -2.24. The summed E-state index contributed by atoms with van der Waals surface area (Å²) in [6, 6.07) is 6.42. The topological polar surface area (TPSA) is 12.0 Å². The second kappa shape index (κ2) is 5.28. The van der Waals surface area contributed by atoms with Crippen LogP contribution in [-0.4, -0.2) is 6.54 Å². The van der Waals surface area contributed by atoms with Gasteiger partial charge in [-0.3, -0.25) is 0 Å². The number of halogens is 2. The maximum absolute atomic E-state index is 13.2. The Kier molecular flexibility index (Phi) is 3.98. The zero-order valence-electron chi connectivity index (χ0n) is 9.47. The first-order valence-electron chi connectivity index (χ1n) is 5.85. The van der Waals surface area contributed by atoms with Crippen molar-refractivity contribution in [2.75, 3.05) is 6.54 Å². The maximum Gasteiger partial charge on any atom is 0.123 e. The van der Waals surface area contributed by atoms with Crippen molar-refractivity contribution in [1.29, 1.82) is 0 Å². The Hall–Kier alpha value is -0.410. The van der Waals surface area contributed by atoms with Gasteiger partial charge >= 0.3 is 0 Å². The van der Waals surface area contributed by atoms with E-state index in [1.165, 1.54) is 24.8 Å². The van der Waals surface area contributed by atoms with Crippen molar-refractivity contribution in [1.82, 2.24) is 5.32 Å². The second-order valence-corrected chi connectivity index (χ2v) is 5.25. The standard InChI is InChI=1S/C13H17BrFN/c1-9(15)11-6-5-10(8-12(11)14)13-4-2-3-7-16-13/h5-6,8-9,13,16H,2-4,7H2,1H3. The van der Waals surface area contributed by atoms with E-state index in [4.69, 9.17) is 0 Å². The molecule has 16 heavy (non-hydrogen) atoms. The van der Waals surface area contributed by atoms with Crippen LogP contribution >= 0.6 is 15.9 Å². The minimum Gasteiger partial charge on any atom is -0.310 e. The van der Waals surface area contributed by atoms with Crippen LogP contribution < -0.4 is 5.32 Å². The van der Waals surface area contributed by atoms with Gasteiger partial charge in [0.2, 0.25) is 0 Å². The zero-order valence-corrected chi connectivity index (χ0v) is 11.1. The highest BCUT2D eigenvalue weighted by Gasteiger charge is 2.16. The smallest absolute Gasteiger partial charge is 0.123 e. The average molecular weight is 286 g/mol. The van der Waals surface area contributed by atoms with E-state index < -0.39 is 6.17 Å². The van der Waals surface area contributed by atoms with Gasteiger partial charge in [0.25, 0.3) is 0 Å². The third kappa shape index (κ3) is 2.64. The quantitative estimate of drug-likeness (QED) is 0.855. The fourth-order valence-electron chi connectivity index (χ4n) is 2.22. The Morgan fingerprint density at radius 1 is 1.44 bits per heavy atom. The van der Waals surface area contributed by atoms with Crippen LogP contribution in [0.25, 0.3) is 0 Å².